The van der Waals surface area contributed by atoms with Gasteiger partial charge in [-0.1, -0.05) is 47.5 Å². The van der Waals surface area contributed by atoms with Crippen molar-refractivity contribution in [2.24, 2.45) is 0 Å². The molecule has 182 valence electrons. The molecule has 0 saturated carbocycles. The van der Waals surface area contributed by atoms with E-state index in [2.05, 4.69) is 41.9 Å². The maximum absolute atomic E-state index is 14.2. The highest BCUT2D eigenvalue weighted by Crippen LogP contribution is 2.39. The highest BCUT2D eigenvalue weighted by Gasteiger charge is 2.45. The van der Waals surface area contributed by atoms with Crippen LogP contribution in [0.4, 0.5) is 0 Å². The summed E-state index contributed by atoms with van der Waals surface area (Å²) in [6.45, 7) is 6.86. The molecule has 1 aromatic heterocycles. The van der Waals surface area contributed by atoms with Crippen LogP contribution in [0.1, 0.15) is 54.0 Å². The minimum Gasteiger partial charge on any atom is -0.437 e. The molecule has 0 radical (unpaired) electrons. The van der Waals surface area contributed by atoms with Crippen LogP contribution in [0.3, 0.4) is 0 Å². The minimum absolute atomic E-state index is 0.135. The topological polar surface area (TPSA) is 64.6 Å². The third-order valence-electron chi connectivity index (χ3n) is 7.25. The molecule has 2 aromatic carbocycles. The van der Waals surface area contributed by atoms with Crippen LogP contribution in [-0.4, -0.2) is 47.1 Å². The molecule has 2 aliphatic rings. The summed E-state index contributed by atoms with van der Waals surface area (Å²) < 4.78 is 11.6. The van der Waals surface area contributed by atoms with E-state index in [1.54, 1.807) is 6.20 Å². The number of aromatic nitrogens is 2. The summed E-state index contributed by atoms with van der Waals surface area (Å²) in [5, 5.41) is 0. The first-order valence-electron chi connectivity index (χ1n) is 12.5. The van der Waals surface area contributed by atoms with Gasteiger partial charge in [-0.15, -0.1) is 0 Å². The number of amides is 1. The van der Waals surface area contributed by atoms with Gasteiger partial charge in [0, 0.05) is 38.4 Å². The standard InChI is InChI=1S/C29H33N3O3/c1-21-15-22(2)17-24(16-21)29(10-13-34-14-11-29)28(33)32-12-6-7-23(20-32)26-18-30-19-27(31-26)35-25-8-4-3-5-9-25/h3-5,8-9,15-19,23H,6-7,10-14,20H2,1-2H3/t23-/m0/s1. The Morgan fingerprint density at radius 1 is 1.06 bits per heavy atom. The zero-order valence-electron chi connectivity index (χ0n) is 20.6. The van der Waals surface area contributed by atoms with Gasteiger partial charge >= 0.3 is 0 Å². The van der Waals surface area contributed by atoms with E-state index in [0.717, 1.165) is 49.2 Å². The lowest BCUT2D eigenvalue weighted by Crippen LogP contribution is -2.52. The first-order valence-corrected chi connectivity index (χ1v) is 12.5. The van der Waals surface area contributed by atoms with Gasteiger partial charge in [-0.3, -0.25) is 9.78 Å². The summed E-state index contributed by atoms with van der Waals surface area (Å²) in [7, 11) is 0. The fraction of sp³-hybridized carbons (Fsp3) is 0.414. The minimum atomic E-state index is -0.527. The molecule has 6 nitrogen and oxygen atoms in total. The first-order chi connectivity index (χ1) is 17.0. The van der Waals surface area contributed by atoms with Crippen LogP contribution in [0.25, 0.3) is 0 Å². The smallest absolute Gasteiger partial charge is 0.238 e. The molecule has 3 aromatic rings. The Hall–Kier alpha value is -3.25. The van der Waals surface area contributed by atoms with E-state index in [9.17, 15) is 4.79 Å². The summed E-state index contributed by atoms with van der Waals surface area (Å²) in [5.41, 5.74) is 3.87. The SMILES string of the molecule is Cc1cc(C)cc(C2(C(=O)N3CCC[C@H](c4cncc(Oc5ccccc5)n4)C3)CCOCC2)c1. The lowest BCUT2D eigenvalue weighted by Gasteiger charge is -2.43. The van der Waals surface area contributed by atoms with Gasteiger partial charge in [-0.05, 0) is 57.2 Å². The predicted octanol–water partition coefficient (Wildman–Crippen LogP) is 5.34. The van der Waals surface area contributed by atoms with Crippen molar-refractivity contribution in [2.45, 2.75) is 50.9 Å². The Bertz CT molecular complexity index is 1150. The van der Waals surface area contributed by atoms with Gasteiger partial charge in [0.2, 0.25) is 11.8 Å². The Labute approximate surface area is 207 Å². The summed E-state index contributed by atoms with van der Waals surface area (Å²) in [6, 6.07) is 16.2. The number of rotatable bonds is 5. The van der Waals surface area contributed by atoms with E-state index >= 15 is 0 Å². The Balaban J connectivity index is 1.38. The van der Waals surface area contributed by atoms with Crippen molar-refractivity contribution in [3.05, 3.63) is 83.3 Å². The second kappa shape index (κ2) is 10.2. The molecular formula is C29H33N3O3. The average molecular weight is 472 g/mol. The van der Waals surface area contributed by atoms with E-state index in [-0.39, 0.29) is 11.8 Å². The van der Waals surface area contributed by atoms with E-state index in [0.29, 0.717) is 25.6 Å². The van der Waals surface area contributed by atoms with Gasteiger partial charge in [-0.2, -0.15) is 0 Å². The molecule has 1 amide bonds. The molecule has 0 bridgehead atoms. The van der Waals surface area contributed by atoms with E-state index in [4.69, 9.17) is 14.5 Å². The molecule has 0 aliphatic carbocycles. The molecule has 5 rings (SSSR count). The number of hydrogen-bond acceptors (Lipinski definition) is 5. The van der Waals surface area contributed by atoms with E-state index in [1.807, 2.05) is 36.5 Å². The molecule has 3 heterocycles. The number of likely N-dealkylation sites (tertiary alicyclic amines) is 1. The summed E-state index contributed by atoms with van der Waals surface area (Å²) >= 11 is 0. The highest BCUT2D eigenvalue weighted by atomic mass is 16.5. The van der Waals surface area contributed by atoms with Crippen LogP contribution >= 0.6 is 0 Å². The second-order valence-corrected chi connectivity index (χ2v) is 9.86. The molecule has 0 unspecified atom stereocenters. The second-order valence-electron chi connectivity index (χ2n) is 9.86. The molecule has 2 saturated heterocycles. The van der Waals surface area contributed by atoms with Gasteiger partial charge in [0.15, 0.2) is 0 Å². The van der Waals surface area contributed by atoms with Crippen LogP contribution in [0.5, 0.6) is 11.6 Å². The van der Waals surface area contributed by atoms with Crippen molar-refractivity contribution in [1.82, 2.24) is 14.9 Å². The first kappa shape index (κ1) is 23.5. The largest absolute Gasteiger partial charge is 0.437 e. The Morgan fingerprint density at radius 2 is 1.80 bits per heavy atom. The zero-order chi connectivity index (χ0) is 24.3. The van der Waals surface area contributed by atoms with Crippen LogP contribution in [-0.2, 0) is 14.9 Å². The van der Waals surface area contributed by atoms with E-state index in [1.165, 1.54) is 11.1 Å². The molecule has 2 fully saturated rings. The lowest BCUT2D eigenvalue weighted by molar-refractivity contribution is -0.142. The predicted molar refractivity (Wildman–Crippen MR) is 135 cm³/mol. The molecule has 0 spiro atoms. The average Bonchev–Trinajstić information content (AvgIpc) is 2.89. The van der Waals surface area contributed by atoms with Crippen molar-refractivity contribution >= 4 is 5.91 Å². The highest BCUT2D eigenvalue weighted by molar-refractivity contribution is 5.88. The number of benzene rings is 2. The third-order valence-corrected chi connectivity index (χ3v) is 7.25. The van der Waals surface area contributed by atoms with Gasteiger partial charge in [0.25, 0.3) is 0 Å². The van der Waals surface area contributed by atoms with Gasteiger partial charge in [-0.25, -0.2) is 4.98 Å². The Kier molecular flexibility index (Phi) is 6.82. The fourth-order valence-corrected chi connectivity index (χ4v) is 5.52. The quantitative estimate of drug-likeness (QED) is 0.503. The van der Waals surface area contributed by atoms with Crippen LogP contribution in [0.2, 0.25) is 0 Å². The number of piperidine rings is 1. The van der Waals surface area contributed by atoms with Crippen LogP contribution in [0, 0.1) is 13.8 Å². The molecule has 35 heavy (non-hydrogen) atoms. The molecule has 6 heteroatoms. The van der Waals surface area contributed by atoms with E-state index < -0.39 is 5.41 Å². The number of hydrogen-bond donors (Lipinski definition) is 0. The maximum atomic E-state index is 14.2. The summed E-state index contributed by atoms with van der Waals surface area (Å²) in [4.78, 5) is 25.4. The van der Waals surface area contributed by atoms with Crippen molar-refractivity contribution in [3.63, 3.8) is 0 Å². The normalized spacial score (nSPS) is 19.8. The molecule has 0 N–H and O–H groups in total. The number of carbonyl (C=O) groups excluding carboxylic acids is 1. The number of ether oxygens (including phenoxy) is 2. The number of carbonyl (C=O) groups is 1. The summed E-state index contributed by atoms with van der Waals surface area (Å²) in [6.07, 6.45) is 6.81. The van der Waals surface area contributed by atoms with Crippen molar-refractivity contribution in [1.29, 1.82) is 0 Å². The lowest BCUT2D eigenvalue weighted by atomic mass is 9.71. The van der Waals surface area contributed by atoms with Crippen molar-refractivity contribution < 1.29 is 14.3 Å². The van der Waals surface area contributed by atoms with Crippen molar-refractivity contribution in [2.75, 3.05) is 26.3 Å². The maximum Gasteiger partial charge on any atom is 0.238 e. The molecule has 2 aliphatic heterocycles. The van der Waals surface area contributed by atoms with Gasteiger partial charge in [0.1, 0.15) is 5.75 Å². The number of para-hydroxylation sites is 1. The number of nitrogens with zero attached hydrogens (tertiary/aromatic N) is 3. The monoisotopic (exact) mass is 471 g/mol. The summed E-state index contributed by atoms with van der Waals surface area (Å²) in [5.74, 6) is 1.57. The fourth-order valence-electron chi connectivity index (χ4n) is 5.52. The van der Waals surface area contributed by atoms with Crippen molar-refractivity contribution in [3.8, 4) is 11.6 Å². The zero-order valence-corrected chi connectivity index (χ0v) is 20.6. The van der Waals surface area contributed by atoms with Crippen LogP contribution < -0.4 is 4.74 Å². The van der Waals surface area contributed by atoms with Crippen LogP contribution in [0.15, 0.2) is 60.9 Å². The number of aryl methyl sites for hydroxylation is 2. The molecule has 1 atom stereocenters. The molecular weight excluding hydrogens is 438 g/mol. The third kappa shape index (κ3) is 5.08. The Morgan fingerprint density at radius 3 is 2.54 bits per heavy atom. The van der Waals surface area contributed by atoms with Gasteiger partial charge < -0.3 is 14.4 Å². The van der Waals surface area contributed by atoms with Gasteiger partial charge in [0.05, 0.1) is 17.3 Å².